The van der Waals surface area contributed by atoms with Crippen LogP contribution in [0.15, 0.2) is 75.6 Å². The van der Waals surface area contributed by atoms with Gasteiger partial charge in [-0.05, 0) is 89.9 Å². The zero-order chi connectivity index (χ0) is 27.9. The van der Waals surface area contributed by atoms with Crippen molar-refractivity contribution >= 4 is 49.7 Å². The highest BCUT2D eigenvalue weighted by Crippen LogP contribution is 2.39. The zero-order valence-electron chi connectivity index (χ0n) is 20.6. The van der Waals surface area contributed by atoms with Crippen LogP contribution in [0.2, 0.25) is 0 Å². The van der Waals surface area contributed by atoms with E-state index in [1.807, 2.05) is 13.0 Å². The van der Waals surface area contributed by atoms with Crippen LogP contribution in [-0.4, -0.2) is 34.0 Å². The van der Waals surface area contributed by atoms with Crippen LogP contribution in [0.1, 0.15) is 28.4 Å². The largest absolute Gasteiger partial charge is 0.490 e. The number of nitriles is 1. The molecule has 3 aromatic rings. The third-order valence-electron chi connectivity index (χ3n) is 5.07. The van der Waals surface area contributed by atoms with Crippen LogP contribution in [0.4, 0.5) is 5.69 Å². The van der Waals surface area contributed by atoms with Gasteiger partial charge in [-0.15, -0.1) is 0 Å². The summed E-state index contributed by atoms with van der Waals surface area (Å²) in [7, 11) is -2.90. The fraction of sp³-hybridized carbons (Fsp3) is 0.148. The van der Waals surface area contributed by atoms with Crippen molar-refractivity contribution < 1.29 is 31.7 Å². The summed E-state index contributed by atoms with van der Waals surface area (Å²) in [6, 6.07) is 17.0. The number of methoxy groups -OCH3 is 1. The second kappa shape index (κ2) is 12.4. The Bertz CT molecular complexity index is 1530. The van der Waals surface area contributed by atoms with Gasteiger partial charge in [-0.3, -0.25) is 4.79 Å². The van der Waals surface area contributed by atoms with Crippen molar-refractivity contribution in [1.29, 1.82) is 5.26 Å². The summed E-state index contributed by atoms with van der Waals surface area (Å²) in [6.07, 6.45) is 1.32. The third-order valence-corrected chi connectivity index (χ3v) is 6.90. The van der Waals surface area contributed by atoms with Crippen molar-refractivity contribution in [2.75, 3.05) is 19.0 Å². The molecule has 1 N–H and O–H groups in total. The first-order valence-corrected chi connectivity index (χ1v) is 13.4. The molecule has 11 heteroatoms. The number of ether oxygens (including phenoxy) is 2. The van der Waals surface area contributed by atoms with E-state index >= 15 is 0 Å². The summed E-state index contributed by atoms with van der Waals surface area (Å²) in [5, 5.41) is 12.2. The molecule has 38 heavy (non-hydrogen) atoms. The molecular formula is C27H23BrN2O7S. The van der Waals surface area contributed by atoms with Gasteiger partial charge in [0, 0.05) is 5.69 Å². The Labute approximate surface area is 228 Å². The van der Waals surface area contributed by atoms with Crippen molar-refractivity contribution in [2.45, 2.75) is 18.7 Å². The van der Waals surface area contributed by atoms with Crippen molar-refractivity contribution in [2.24, 2.45) is 0 Å². The number of aryl methyl sites for hydroxylation is 1. The van der Waals surface area contributed by atoms with Gasteiger partial charge in [0.15, 0.2) is 11.5 Å². The number of nitrogens with one attached hydrogen (secondary N) is 1. The molecule has 0 heterocycles. The first-order chi connectivity index (χ1) is 18.1. The predicted octanol–water partition coefficient (Wildman–Crippen LogP) is 5.26. The molecule has 3 rings (SSSR count). The van der Waals surface area contributed by atoms with Crippen molar-refractivity contribution in [3.8, 4) is 17.6 Å². The van der Waals surface area contributed by atoms with Gasteiger partial charge >= 0.3 is 16.1 Å². The first-order valence-electron chi connectivity index (χ1n) is 11.2. The van der Waals surface area contributed by atoms with Crippen molar-refractivity contribution in [3.05, 3.63) is 87.4 Å². The molecule has 3 aromatic carbocycles. The van der Waals surface area contributed by atoms with E-state index in [0.717, 1.165) is 5.56 Å². The van der Waals surface area contributed by atoms with E-state index in [1.54, 1.807) is 19.1 Å². The van der Waals surface area contributed by atoms with Gasteiger partial charge in [0.25, 0.3) is 5.91 Å². The average molecular weight is 599 g/mol. The molecule has 196 valence electrons. The minimum Gasteiger partial charge on any atom is -0.490 e. The molecule has 0 atom stereocenters. The summed E-state index contributed by atoms with van der Waals surface area (Å²) >= 11 is 3.31. The Morgan fingerprint density at radius 1 is 1.08 bits per heavy atom. The topological polar surface area (TPSA) is 132 Å². The van der Waals surface area contributed by atoms with Crippen LogP contribution in [0.25, 0.3) is 6.08 Å². The number of anilines is 1. The maximum absolute atomic E-state index is 12.8. The molecule has 0 saturated carbocycles. The smallest absolute Gasteiger partial charge is 0.339 e. The number of carbonyl (C=O) groups is 2. The Morgan fingerprint density at radius 3 is 2.32 bits per heavy atom. The van der Waals surface area contributed by atoms with E-state index in [-0.39, 0.29) is 33.0 Å². The van der Waals surface area contributed by atoms with E-state index in [4.69, 9.17) is 8.92 Å². The summed E-state index contributed by atoms with van der Waals surface area (Å²) in [4.78, 5) is 24.3. The number of benzene rings is 3. The van der Waals surface area contributed by atoms with Gasteiger partial charge in [-0.2, -0.15) is 13.7 Å². The minimum absolute atomic E-state index is 0.0236. The Balaban J connectivity index is 1.89. The summed E-state index contributed by atoms with van der Waals surface area (Å²) < 4.78 is 41.5. The van der Waals surface area contributed by atoms with E-state index in [0.29, 0.717) is 16.8 Å². The molecule has 0 unspecified atom stereocenters. The molecule has 0 fully saturated rings. The van der Waals surface area contributed by atoms with E-state index in [2.05, 4.69) is 26.0 Å². The molecule has 0 aliphatic heterocycles. The highest BCUT2D eigenvalue weighted by molar-refractivity contribution is 9.10. The second-order valence-electron chi connectivity index (χ2n) is 7.81. The zero-order valence-corrected chi connectivity index (χ0v) is 23.1. The van der Waals surface area contributed by atoms with Crippen LogP contribution in [0.3, 0.4) is 0 Å². The molecule has 0 aliphatic carbocycles. The van der Waals surface area contributed by atoms with Gasteiger partial charge < -0.3 is 19.0 Å². The maximum Gasteiger partial charge on any atom is 0.339 e. The number of hydrogen-bond acceptors (Lipinski definition) is 8. The monoisotopic (exact) mass is 598 g/mol. The lowest BCUT2D eigenvalue weighted by molar-refractivity contribution is -0.112. The van der Waals surface area contributed by atoms with Crippen molar-refractivity contribution in [3.63, 3.8) is 0 Å². The third kappa shape index (κ3) is 7.00. The lowest BCUT2D eigenvalue weighted by atomic mass is 10.1. The van der Waals surface area contributed by atoms with Gasteiger partial charge in [0.05, 0.1) is 23.8 Å². The first kappa shape index (κ1) is 28.4. The number of halogens is 1. The molecule has 1 amide bonds. The highest BCUT2D eigenvalue weighted by atomic mass is 79.9. The Morgan fingerprint density at radius 2 is 1.74 bits per heavy atom. The lowest BCUT2D eigenvalue weighted by Crippen LogP contribution is -2.14. The van der Waals surface area contributed by atoms with Crippen LogP contribution >= 0.6 is 15.9 Å². The molecule has 9 nitrogen and oxygen atoms in total. The lowest BCUT2D eigenvalue weighted by Gasteiger charge is -2.15. The molecule has 0 radical (unpaired) electrons. The van der Waals surface area contributed by atoms with Gasteiger partial charge in [-0.25, -0.2) is 4.79 Å². The van der Waals surface area contributed by atoms with Crippen molar-refractivity contribution in [1.82, 2.24) is 0 Å². The Kier molecular flexibility index (Phi) is 9.28. The second-order valence-corrected chi connectivity index (χ2v) is 10.2. The van der Waals surface area contributed by atoms with E-state index in [9.17, 15) is 23.3 Å². The fourth-order valence-corrected chi connectivity index (χ4v) is 4.80. The molecule has 0 bridgehead atoms. The number of nitrogens with zero attached hydrogens (tertiary/aromatic N) is 1. The molecular weight excluding hydrogens is 576 g/mol. The quantitative estimate of drug-likeness (QED) is 0.153. The number of rotatable bonds is 9. The van der Waals surface area contributed by atoms with Gasteiger partial charge in [-0.1, -0.05) is 17.7 Å². The average Bonchev–Trinajstić information content (AvgIpc) is 2.89. The van der Waals surface area contributed by atoms with Crippen LogP contribution in [-0.2, 0) is 19.6 Å². The van der Waals surface area contributed by atoms with E-state index in [1.165, 1.54) is 61.7 Å². The fourth-order valence-electron chi connectivity index (χ4n) is 3.20. The number of hydrogen-bond donors (Lipinski definition) is 1. The Hall–Kier alpha value is -4.14. The molecule has 0 aliphatic rings. The van der Waals surface area contributed by atoms with E-state index < -0.39 is 22.0 Å². The molecule has 0 saturated heterocycles. The molecule has 0 aromatic heterocycles. The highest BCUT2D eigenvalue weighted by Gasteiger charge is 2.22. The molecule has 0 spiro atoms. The van der Waals surface area contributed by atoms with Gasteiger partial charge in [0.2, 0.25) is 0 Å². The maximum atomic E-state index is 12.8. The minimum atomic E-state index is -4.16. The summed E-state index contributed by atoms with van der Waals surface area (Å²) in [5.41, 5.74) is 1.73. The number of carbonyl (C=O) groups excluding carboxylic acids is 2. The van der Waals surface area contributed by atoms with Gasteiger partial charge in [0.1, 0.15) is 16.5 Å². The van der Waals surface area contributed by atoms with Crippen LogP contribution < -0.4 is 14.2 Å². The predicted molar refractivity (Wildman–Crippen MR) is 144 cm³/mol. The number of amides is 1. The SMILES string of the molecule is CCOc1cc(/C=C(\C#N)C(=O)Nc2ccc(C(=O)OC)cc2)cc(Br)c1OS(=O)(=O)c1ccc(C)cc1. The standard InChI is InChI=1S/C27H23BrN2O7S/c1-4-36-24-15-18(14-23(28)25(24)37-38(33,34)22-11-5-17(2)6-12-22)13-20(16-29)26(31)30-21-9-7-19(8-10-21)27(32)35-3/h5-15H,4H2,1-3H3,(H,30,31)/b20-13+. The van der Waals surface area contributed by atoms with Crippen LogP contribution in [0.5, 0.6) is 11.5 Å². The number of esters is 1. The van der Waals surface area contributed by atoms with Crippen LogP contribution in [0, 0.1) is 18.3 Å². The summed E-state index contributed by atoms with van der Waals surface area (Å²) in [6.45, 7) is 3.76. The normalized spacial score (nSPS) is 11.3. The summed E-state index contributed by atoms with van der Waals surface area (Å²) in [5.74, 6) is -1.18.